The van der Waals surface area contributed by atoms with E-state index >= 15 is 0 Å². The molecular formula is C26H32N6OS. The number of primary amides is 1. The Bertz CT molecular complexity index is 1400. The van der Waals surface area contributed by atoms with Crippen molar-refractivity contribution in [2.24, 2.45) is 11.1 Å². The molecule has 0 radical (unpaired) electrons. The molecule has 6 rings (SSSR count). The summed E-state index contributed by atoms with van der Waals surface area (Å²) in [6, 6.07) is 4.61. The highest BCUT2D eigenvalue weighted by atomic mass is 32.1. The standard InChI is InChI=1S/C26H32N6OS/c1-15(2)22-23(18-8-16(3)25-28-14-29-32(25)11-18)30-19-9-20(34-24(19)22)17-4-5-26(10-17)6-7-31(13-26)12-21(27)33/h8-9,11,14-15,17,30H,4-7,10,12-13H2,1-3H3,(H2,27,33). The van der Waals surface area contributed by atoms with Gasteiger partial charge in [0, 0.05) is 23.2 Å². The molecule has 2 atom stereocenters. The van der Waals surface area contributed by atoms with Crippen molar-refractivity contribution >= 4 is 33.1 Å². The second-order valence-electron chi connectivity index (χ2n) is 10.8. The Morgan fingerprint density at radius 1 is 1.35 bits per heavy atom. The normalized spacial score (nSPS) is 23.4. The topological polar surface area (TPSA) is 92.3 Å². The second-order valence-corrected chi connectivity index (χ2v) is 11.9. The lowest BCUT2D eigenvalue weighted by Crippen LogP contribution is -2.33. The SMILES string of the molecule is Cc1cc(-c2[nH]c3cc(C4CCC5(CCN(CC(N)=O)C5)C4)sc3c2C(C)C)cn2ncnc12. The van der Waals surface area contributed by atoms with E-state index in [1.54, 1.807) is 6.33 Å². The van der Waals surface area contributed by atoms with E-state index in [4.69, 9.17) is 5.73 Å². The molecule has 5 heterocycles. The van der Waals surface area contributed by atoms with Gasteiger partial charge >= 0.3 is 0 Å². The molecule has 1 amide bonds. The largest absolute Gasteiger partial charge is 0.369 e. The van der Waals surface area contributed by atoms with Crippen molar-refractivity contribution in [3.05, 3.63) is 40.7 Å². The Morgan fingerprint density at radius 2 is 2.21 bits per heavy atom. The van der Waals surface area contributed by atoms with Crippen LogP contribution in [-0.4, -0.2) is 50.0 Å². The van der Waals surface area contributed by atoms with Gasteiger partial charge in [-0.25, -0.2) is 9.50 Å². The number of rotatable bonds is 5. The summed E-state index contributed by atoms with van der Waals surface area (Å²) in [7, 11) is 0. The van der Waals surface area contributed by atoms with Crippen molar-refractivity contribution in [2.45, 2.75) is 58.3 Å². The average Bonchev–Trinajstić information content (AvgIpc) is 3.56. The lowest BCUT2D eigenvalue weighted by atomic mass is 9.84. The number of pyridine rings is 1. The quantitative estimate of drug-likeness (QED) is 0.432. The third kappa shape index (κ3) is 3.55. The van der Waals surface area contributed by atoms with Crippen LogP contribution in [0.15, 0.2) is 24.7 Å². The van der Waals surface area contributed by atoms with Gasteiger partial charge < -0.3 is 10.7 Å². The average molecular weight is 477 g/mol. The van der Waals surface area contributed by atoms with Gasteiger partial charge in [-0.05, 0) is 79.7 Å². The predicted molar refractivity (Wildman–Crippen MR) is 136 cm³/mol. The zero-order chi connectivity index (χ0) is 23.6. The van der Waals surface area contributed by atoms with Crippen LogP contribution in [0.5, 0.6) is 0 Å². The fourth-order valence-electron chi connectivity index (χ4n) is 6.43. The van der Waals surface area contributed by atoms with Gasteiger partial charge in [0.1, 0.15) is 6.33 Å². The van der Waals surface area contributed by atoms with E-state index in [1.807, 2.05) is 15.9 Å². The Morgan fingerprint density at radius 3 is 3.00 bits per heavy atom. The van der Waals surface area contributed by atoms with Crippen molar-refractivity contribution < 1.29 is 4.79 Å². The Hall–Kier alpha value is -2.71. The fourth-order valence-corrected chi connectivity index (χ4v) is 7.88. The van der Waals surface area contributed by atoms with E-state index in [2.05, 4.69) is 59.1 Å². The number of aromatic nitrogens is 4. The van der Waals surface area contributed by atoms with Gasteiger partial charge in [0.25, 0.3) is 0 Å². The number of amides is 1. The minimum Gasteiger partial charge on any atom is -0.369 e. The predicted octanol–water partition coefficient (Wildman–Crippen LogP) is 4.82. The summed E-state index contributed by atoms with van der Waals surface area (Å²) in [6.07, 6.45) is 8.58. The number of nitrogens with one attached hydrogen (secondary N) is 1. The van der Waals surface area contributed by atoms with Gasteiger partial charge in [0.15, 0.2) is 5.65 Å². The van der Waals surface area contributed by atoms with Crippen LogP contribution in [0.3, 0.4) is 0 Å². The Labute approximate surface area is 203 Å². The maximum Gasteiger partial charge on any atom is 0.231 e. The van der Waals surface area contributed by atoms with Crippen LogP contribution in [-0.2, 0) is 4.79 Å². The third-order valence-electron chi connectivity index (χ3n) is 7.95. The fraction of sp³-hybridized carbons (Fsp3) is 0.500. The first-order valence-corrected chi connectivity index (χ1v) is 13.1. The van der Waals surface area contributed by atoms with Gasteiger partial charge in [-0.15, -0.1) is 11.3 Å². The number of fused-ring (bicyclic) bond motifs is 2. The van der Waals surface area contributed by atoms with Gasteiger partial charge in [-0.1, -0.05) is 13.8 Å². The number of H-pyrrole nitrogens is 1. The molecule has 1 aliphatic carbocycles. The van der Waals surface area contributed by atoms with Crippen LogP contribution in [0.4, 0.5) is 0 Å². The Kier molecular flexibility index (Phi) is 5.08. The van der Waals surface area contributed by atoms with E-state index in [0.717, 1.165) is 29.9 Å². The minimum absolute atomic E-state index is 0.214. The highest BCUT2D eigenvalue weighted by Gasteiger charge is 2.45. The van der Waals surface area contributed by atoms with E-state index < -0.39 is 0 Å². The van der Waals surface area contributed by atoms with Crippen LogP contribution >= 0.6 is 11.3 Å². The summed E-state index contributed by atoms with van der Waals surface area (Å²) in [4.78, 5) is 23.3. The minimum atomic E-state index is -0.214. The molecule has 4 aromatic rings. The van der Waals surface area contributed by atoms with Crippen molar-refractivity contribution in [1.82, 2.24) is 24.5 Å². The molecule has 8 heteroatoms. The lowest BCUT2D eigenvalue weighted by Gasteiger charge is -2.23. The van der Waals surface area contributed by atoms with Crippen LogP contribution in [0.1, 0.15) is 67.4 Å². The molecule has 178 valence electrons. The lowest BCUT2D eigenvalue weighted by molar-refractivity contribution is -0.119. The molecule has 3 N–H and O–H groups in total. The number of carbonyl (C=O) groups excluding carboxylic acids is 1. The van der Waals surface area contributed by atoms with Crippen molar-refractivity contribution in [2.75, 3.05) is 19.6 Å². The smallest absolute Gasteiger partial charge is 0.231 e. The molecule has 1 saturated heterocycles. The number of thiophene rings is 1. The number of hydrogen-bond acceptors (Lipinski definition) is 5. The molecule has 2 fully saturated rings. The number of likely N-dealkylation sites (tertiary alicyclic amines) is 1. The van der Waals surface area contributed by atoms with E-state index in [9.17, 15) is 4.79 Å². The van der Waals surface area contributed by atoms with Crippen LogP contribution < -0.4 is 5.73 Å². The first kappa shape index (κ1) is 21.8. The molecule has 34 heavy (non-hydrogen) atoms. The molecule has 0 aromatic carbocycles. The van der Waals surface area contributed by atoms with Crippen molar-refractivity contribution in [1.29, 1.82) is 0 Å². The summed E-state index contributed by atoms with van der Waals surface area (Å²) in [5.41, 5.74) is 12.8. The first-order chi connectivity index (χ1) is 16.3. The summed E-state index contributed by atoms with van der Waals surface area (Å²) < 4.78 is 3.26. The zero-order valence-corrected chi connectivity index (χ0v) is 20.9. The van der Waals surface area contributed by atoms with E-state index in [-0.39, 0.29) is 5.91 Å². The number of nitrogens with two attached hydrogens (primary N) is 1. The van der Waals surface area contributed by atoms with Gasteiger partial charge in [0.05, 0.1) is 22.5 Å². The molecule has 0 bridgehead atoms. The second kappa shape index (κ2) is 7.92. The van der Waals surface area contributed by atoms with Gasteiger partial charge in [-0.2, -0.15) is 5.10 Å². The maximum absolute atomic E-state index is 11.4. The van der Waals surface area contributed by atoms with Gasteiger partial charge in [0.2, 0.25) is 5.91 Å². The molecular weight excluding hydrogens is 444 g/mol. The van der Waals surface area contributed by atoms with E-state index in [0.29, 0.717) is 23.8 Å². The molecule has 4 aromatic heterocycles. The highest BCUT2D eigenvalue weighted by Crippen LogP contribution is 2.53. The molecule has 1 saturated carbocycles. The Balaban J connectivity index is 1.31. The summed E-state index contributed by atoms with van der Waals surface area (Å²) in [6.45, 7) is 9.06. The number of aryl methyl sites for hydroxylation is 1. The molecule has 2 aliphatic rings. The molecule has 7 nitrogen and oxygen atoms in total. The highest BCUT2D eigenvalue weighted by molar-refractivity contribution is 7.19. The number of carbonyl (C=O) groups is 1. The summed E-state index contributed by atoms with van der Waals surface area (Å²) in [5.74, 6) is 0.806. The molecule has 1 aliphatic heterocycles. The van der Waals surface area contributed by atoms with Crippen LogP contribution in [0.2, 0.25) is 0 Å². The van der Waals surface area contributed by atoms with E-state index in [1.165, 1.54) is 52.0 Å². The van der Waals surface area contributed by atoms with Crippen LogP contribution in [0.25, 0.3) is 27.1 Å². The van der Waals surface area contributed by atoms with Crippen molar-refractivity contribution in [3.63, 3.8) is 0 Å². The monoisotopic (exact) mass is 476 g/mol. The van der Waals surface area contributed by atoms with Crippen LogP contribution in [0, 0.1) is 12.3 Å². The van der Waals surface area contributed by atoms with Crippen molar-refractivity contribution in [3.8, 4) is 11.3 Å². The first-order valence-electron chi connectivity index (χ1n) is 12.3. The summed E-state index contributed by atoms with van der Waals surface area (Å²) >= 11 is 1.97. The maximum atomic E-state index is 11.4. The third-order valence-corrected chi connectivity index (χ3v) is 9.28. The number of aromatic amines is 1. The van der Waals surface area contributed by atoms with Gasteiger partial charge in [-0.3, -0.25) is 9.69 Å². The molecule has 1 spiro atoms. The number of hydrogen-bond donors (Lipinski definition) is 2. The summed E-state index contributed by atoms with van der Waals surface area (Å²) in [5, 5.41) is 4.37. The molecule has 2 unspecified atom stereocenters. The zero-order valence-electron chi connectivity index (χ0n) is 20.1. The number of nitrogens with zero attached hydrogens (tertiary/aromatic N) is 4.